The van der Waals surface area contributed by atoms with E-state index in [2.05, 4.69) is 5.32 Å². The number of nitrogens with two attached hydrogens (primary N) is 1. The Bertz CT molecular complexity index is 460. The van der Waals surface area contributed by atoms with Crippen molar-refractivity contribution in [3.05, 3.63) is 35.9 Å². The predicted molar refractivity (Wildman–Crippen MR) is 93.1 cm³/mol. The van der Waals surface area contributed by atoms with Gasteiger partial charge in [-0.1, -0.05) is 62.4 Å². The molecule has 1 fully saturated rings. The minimum absolute atomic E-state index is 0. The summed E-state index contributed by atoms with van der Waals surface area (Å²) in [5.41, 5.74) is 0.944. The Hall–Kier alpha value is -0.900. The van der Waals surface area contributed by atoms with Crippen molar-refractivity contribution in [2.75, 3.05) is 6.54 Å². The maximum absolute atomic E-state index is 12.0. The van der Waals surface area contributed by atoms with E-state index < -0.39 is 6.10 Å². The molecule has 0 aromatic heterocycles. The molecular formula is C20H32ClNO2. The first kappa shape index (κ1) is 21.1. The number of hydrogen-bond acceptors (Lipinski definition) is 2. The summed E-state index contributed by atoms with van der Waals surface area (Å²) in [7, 11) is 0. The van der Waals surface area contributed by atoms with Crippen LogP contribution in [0.4, 0.5) is 0 Å². The zero-order valence-corrected chi connectivity index (χ0v) is 15.5. The molecule has 3 N–H and O–H groups in total. The predicted octanol–water partition coefficient (Wildman–Crippen LogP) is -0.00440. The van der Waals surface area contributed by atoms with Crippen molar-refractivity contribution in [1.82, 2.24) is 0 Å². The number of aliphatic hydroxyl groups is 1. The van der Waals surface area contributed by atoms with Gasteiger partial charge in [0.15, 0.2) is 0 Å². The van der Waals surface area contributed by atoms with Gasteiger partial charge in [0.1, 0.15) is 17.9 Å². The van der Waals surface area contributed by atoms with Gasteiger partial charge in [0.2, 0.25) is 0 Å². The van der Waals surface area contributed by atoms with Crippen LogP contribution in [0.15, 0.2) is 30.3 Å². The van der Waals surface area contributed by atoms with Gasteiger partial charge in [-0.3, -0.25) is 4.79 Å². The summed E-state index contributed by atoms with van der Waals surface area (Å²) in [4.78, 5) is 12.0. The lowest BCUT2D eigenvalue weighted by Gasteiger charge is -2.21. The van der Waals surface area contributed by atoms with E-state index in [1.165, 1.54) is 32.1 Å². The molecule has 1 aliphatic rings. The molecule has 4 heteroatoms. The van der Waals surface area contributed by atoms with Crippen LogP contribution in [-0.2, 0) is 4.79 Å². The van der Waals surface area contributed by atoms with E-state index >= 15 is 0 Å². The van der Waals surface area contributed by atoms with Crippen LogP contribution in [0.25, 0.3) is 0 Å². The Morgan fingerprint density at radius 1 is 1.17 bits per heavy atom. The molecule has 1 aliphatic carbocycles. The normalized spacial score (nSPS) is 17.8. The minimum atomic E-state index is -0.478. The Labute approximate surface area is 152 Å². The van der Waals surface area contributed by atoms with Gasteiger partial charge >= 0.3 is 0 Å². The van der Waals surface area contributed by atoms with Crippen molar-refractivity contribution in [1.29, 1.82) is 0 Å². The summed E-state index contributed by atoms with van der Waals surface area (Å²) in [6.45, 7) is 2.79. The molecule has 0 spiro atoms. The highest BCUT2D eigenvalue weighted by atomic mass is 35.5. The van der Waals surface area contributed by atoms with E-state index in [9.17, 15) is 9.90 Å². The third kappa shape index (κ3) is 7.33. The van der Waals surface area contributed by atoms with Gasteiger partial charge in [-0.25, -0.2) is 0 Å². The maximum atomic E-state index is 12.0. The average molecular weight is 354 g/mol. The molecule has 3 nitrogen and oxygen atoms in total. The van der Waals surface area contributed by atoms with Crippen molar-refractivity contribution in [2.24, 2.45) is 5.92 Å². The summed E-state index contributed by atoms with van der Waals surface area (Å²) >= 11 is 0. The zero-order valence-electron chi connectivity index (χ0n) is 14.8. The molecule has 0 amide bonds. The molecule has 0 saturated heterocycles. The van der Waals surface area contributed by atoms with Gasteiger partial charge in [0.05, 0.1) is 13.0 Å². The molecular weight excluding hydrogens is 322 g/mol. The monoisotopic (exact) mass is 353 g/mol. The van der Waals surface area contributed by atoms with Crippen LogP contribution in [0.1, 0.15) is 70.0 Å². The highest BCUT2D eigenvalue weighted by molar-refractivity contribution is 5.78. The number of carbonyl (C=O) groups excluding carboxylic acids is 1. The van der Waals surface area contributed by atoms with Gasteiger partial charge in [0, 0.05) is 6.42 Å². The van der Waals surface area contributed by atoms with Crippen LogP contribution in [-0.4, -0.2) is 23.5 Å². The van der Waals surface area contributed by atoms with Crippen molar-refractivity contribution in [3.8, 4) is 0 Å². The van der Waals surface area contributed by atoms with Crippen molar-refractivity contribution in [3.63, 3.8) is 0 Å². The molecule has 1 aromatic rings. The number of carbonyl (C=O) groups is 1. The largest absolute Gasteiger partial charge is 1.00 e. The van der Waals surface area contributed by atoms with Gasteiger partial charge < -0.3 is 22.8 Å². The van der Waals surface area contributed by atoms with Crippen LogP contribution in [0, 0.1) is 5.92 Å². The van der Waals surface area contributed by atoms with Crippen LogP contribution in [0.5, 0.6) is 0 Å². The van der Waals surface area contributed by atoms with E-state index in [1.807, 2.05) is 37.3 Å². The molecule has 0 aliphatic heterocycles. The second-order valence-electron chi connectivity index (χ2n) is 7.07. The van der Waals surface area contributed by atoms with E-state index in [0.29, 0.717) is 12.2 Å². The Kier molecular flexibility index (Phi) is 10.2. The molecule has 0 bridgehead atoms. The number of rotatable bonds is 9. The summed E-state index contributed by atoms with van der Waals surface area (Å²) < 4.78 is 0. The number of hydrogen-bond donors (Lipinski definition) is 2. The number of halogens is 1. The molecule has 2 rings (SSSR count). The van der Waals surface area contributed by atoms with Crippen molar-refractivity contribution in [2.45, 2.75) is 70.4 Å². The molecule has 1 aromatic carbocycles. The summed E-state index contributed by atoms with van der Waals surface area (Å²) in [6, 6.07) is 9.81. The Morgan fingerprint density at radius 3 is 2.50 bits per heavy atom. The highest BCUT2D eigenvalue weighted by Gasteiger charge is 2.19. The van der Waals surface area contributed by atoms with E-state index in [0.717, 1.165) is 30.9 Å². The number of aliphatic hydroxyl groups excluding tert-OH is 1. The SMILES string of the molecule is CC([NH2+]CCC(=O)CCC1CCCCC1)C(O)c1ccccc1.[Cl-]. The number of benzene rings is 1. The minimum Gasteiger partial charge on any atom is -1.00 e. The number of ketones is 1. The third-order valence-electron chi connectivity index (χ3n) is 5.16. The summed E-state index contributed by atoms with van der Waals surface area (Å²) in [6.07, 6.45) is 8.69. The lowest BCUT2D eigenvalue weighted by Crippen LogP contribution is -3.00. The zero-order chi connectivity index (χ0) is 16.5. The molecule has 1 saturated carbocycles. The molecule has 24 heavy (non-hydrogen) atoms. The smallest absolute Gasteiger partial charge is 0.138 e. The first-order valence-electron chi connectivity index (χ1n) is 9.25. The lowest BCUT2D eigenvalue weighted by atomic mass is 9.85. The summed E-state index contributed by atoms with van der Waals surface area (Å²) in [5, 5.41) is 12.4. The van der Waals surface area contributed by atoms with Gasteiger partial charge in [-0.15, -0.1) is 0 Å². The Balaban J connectivity index is 0.00000288. The molecule has 0 radical (unpaired) electrons. The fourth-order valence-electron chi connectivity index (χ4n) is 3.56. The van der Waals surface area contributed by atoms with Crippen LogP contribution < -0.4 is 17.7 Å². The van der Waals surface area contributed by atoms with Crippen LogP contribution in [0.2, 0.25) is 0 Å². The second-order valence-corrected chi connectivity index (χ2v) is 7.07. The average Bonchev–Trinajstić information content (AvgIpc) is 2.61. The second kappa shape index (κ2) is 11.6. The third-order valence-corrected chi connectivity index (χ3v) is 5.16. The van der Waals surface area contributed by atoms with Gasteiger partial charge in [0.25, 0.3) is 0 Å². The maximum Gasteiger partial charge on any atom is 0.138 e. The fourth-order valence-corrected chi connectivity index (χ4v) is 3.56. The molecule has 136 valence electrons. The number of quaternary nitrogens is 1. The van der Waals surface area contributed by atoms with Crippen molar-refractivity contribution >= 4 is 5.78 Å². The molecule has 0 heterocycles. The fraction of sp³-hybridized carbons (Fsp3) is 0.650. The van der Waals surface area contributed by atoms with Crippen LogP contribution >= 0.6 is 0 Å². The number of Topliss-reactive ketones (excluding diaryl/α,β-unsaturated/α-hetero) is 1. The van der Waals surface area contributed by atoms with Crippen LogP contribution in [0.3, 0.4) is 0 Å². The summed E-state index contributed by atoms with van der Waals surface area (Å²) in [5.74, 6) is 1.17. The Morgan fingerprint density at radius 2 is 1.83 bits per heavy atom. The topological polar surface area (TPSA) is 53.9 Å². The molecule has 2 atom stereocenters. The first-order chi connectivity index (χ1) is 11.2. The standard InChI is InChI=1S/C20H31NO2.ClH/c1-16(20(23)18-10-6-3-7-11-18)21-15-14-19(22)13-12-17-8-4-2-5-9-17;/h3,6-7,10-11,16-17,20-21,23H,2,4-5,8-9,12-15H2,1H3;1H. The molecule has 2 unspecified atom stereocenters. The van der Waals surface area contributed by atoms with E-state index in [-0.39, 0.29) is 18.4 Å². The van der Waals surface area contributed by atoms with Gasteiger partial charge in [-0.05, 0) is 24.8 Å². The van der Waals surface area contributed by atoms with E-state index in [4.69, 9.17) is 0 Å². The van der Waals surface area contributed by atoms with Gasteiger partial charge in [-0.2, -0.15) is 0 Å². The van der Waals surface area contributed by atoms with Crippen molar-refractivity contribution < 1.29 is 27.6 Å². The highest BCUT2D eigenvalue weighted by Crippen LogP contribution is 2.27. The van der Waals surface area contributed by atoms with E-state index in [1.54, 1.807) is 0 Å². The lowest BCUT2D eigenvalue weighted by molar-refractivity contribution is -0.693. The quantitative estimate of drug-likeness (QED) is 0.656. The first-order valence-corrected chi connectivity index (χ1v) is 9.25.